The molecule has 0 aliphatic carbocycles. The molecule has 3 nitrogen and oxygen atoms in total. The highest BCUT2D eigenvalue weighted by atomic mass is 15.2. The van der Waals surface area contributed by atoms with E-state index >= 15 is 0 Å². The van der Waals surface area contributed by atoms with Gasteiger partial charge in [0.05, 0.1) is 5.52 Å². The van der Waals surface area contributed by atoms with Crippen molar-refractivity contribution in [2.45, 2.75) is 26.2 Å². The van der Waals surface area contributed by atoms with Crippen LogP contribution in [-0.2, 0) is 7.05 Å². The van der Waals surface area contributed by atoms with Gasteiger partial charge in [-0.25, -0.2) is 0 Å². The monoisotopic (exact) mass is 189 g/mol. The Balaban J connectivity index is 2.64. The Morgan fingerprint density at radius 3 is 2.93 bits per heavy atom. The highest BCUT2D eigenvalue weighted by Crippen LogP contribution is 2.24. The van der Waals surface area contributed by atoms with Gasteiger partial charge in [-0.3, -0.25) is 9.67 Å². The molecule has 0 aromatic carbocycles. The maximum atomic E-state index is 4.46. The first-order valence-electron chi connectivity index (χ1n) is 4.99. The van der Waals surface area contributed by atoms with Crippen molar-refractivity contribution in [3.63, 3.8) is 0 Å². The van der Waals surface area contributed by atoms with Crippen molar-refractivity contribution >= 4 is 10.9 Å². The van der Waals surface area contributed by atoms with Crippen molar-refractivity contribution in [3.8, 4) is 0 Å². The van der Waals surface area contributed by atoms with Crippen molar-refractivity contribution in [2.24, 2.45) is 7.05 Å². The van der Waals surface area contributed by atoms with Gasteiger partial charge in [0.2, 0.25) is 0 Å². The van der Waals surface area contributed by atoms with Gasteiger partial charge >= 0.3 is 0 Å². The molecule has 0 spiro atoms. The zero-order valence-electron chi connectivity index (χ0n) is 8.86. The van der Waals surface area contributed by atoms with Gasteiger partial charge < -0.3 is 0 Å². The van der Waals surface area contributed by atoms with Gasteiger partial charge in [-0.15, -0.1) is 0 Å². The molecule has 0 saturated carbocycles. The molecule has 0 fully saturated rings. The summed E-state index contributed by atoms with van der Waals surface area (Å²) in [6, 6.07) is 0. The first-order valence-corrected chi connectivity index (χ1v) is 4.99. The molecule has 0 radical (unpaired) electrons. The summed E-state index contributed by atoms with van der Waals surface area (Å²) in [4.78, 5) is 4.24. The number of nitrogens with zero attached hydrogens (tertiary/aromatic N) is 3. The maximum Gasteiger partial charge on any atom is 0.0988 e. The molecule has 74 valence electrons. The summed E-state index contributed by atoms with van der Waals surface area (Å²) in [7, 11) is 1.94. The molecule has 14 heavy (non-hydrogen) atoms. The molecular weight excluding hydrogens is 174 g/mol. The van der Waals surface area contributed by atoms with E-state index in [2.05, 4.69) is 23.9 Å². The lowest BCUT2D eigenvalue weighted by Gasteiger charge is -2.07. The van der Waals surface area contributed by atoms with Gasteiger partial charge in [0.1, 0.15) is 0 Å². The summed E-state index contributed by atoms with van der Waals surface area (Å²) in [6.07, 6.45) is 6.93. The smallest absolute Gasteiger partial charge is 0.0988 e. The molecule has 2 aromatic rings. The van der Waals surface area contributed by atoms with E-state index in [1.54, 1.807) is 0 Å². The summed E-state index contributed by atoms with van der Waals surface area (Å²) < 4.78 is 1.85. The van der Waals surface area contributed by atoms with E-state index in [4.69, 9.17) is 0 Å². The number of hydrogen-bond acceptors (Lipinski definition) is 2. The van der Waals surface area contributed by atoms with Gasteiger partial charge in [-0.05, 0) is 12.3 Å². The Bertz CT molecular complexity index is 445. The summed E-state index contributed by atoms with van der Waals surface area (Å²) in [5, 5.41) is 5.59. The van der Waals surface area contributed by atoms with Crippen LogP contribution >= 0.6 is 0 Å². The molecule has 0 aliphatic rings. The SMILES string of the molecule is CCC(C)c1cncc2cn(C)nc12. The molecule has 0 bridgehead atoms. The lowest BCUT2D eigenvalue weighted by Crippen LogP contribution is -1.94. The maximum absolute atomic E-state index is 4.46. The van der Waals surface area contributed by atoms with E-state index in [1.807, 2.05) is 30.3 Å². The van der Waals surface area contributed by atoms with E-state index < -0.39 is 0 Å². The number of rotatable bonds is 2. The molecule has 2 rings (SSSR count). The molecule has 3 heteroatoms. The van der Waals surface area contributed by atoms with Gasteiger partial charge in [0.15, 0.2) is 0 Å². The summed E-state index contributed by atoms with van der Waals surface area (Å²) in [5.74, 6) is 0.529. The largest absolute Gasteiger partial charge is 0.275 e. The topological polar surface area (TPSA) is 30.7 Å². The Labute approximate surface area is 83.8 Å². The third-order valence-corrected chi connectivity index (χ3v) is 2.70. The van der Waals surface area contributed by atoms with Gasteiger partial charge in [0.25, 0.3) is 0 Å². The fourth-order valence-corrected chi connectivity index (χ4v) is 1.67. The number of aromatic nitrogens is 3. The molecule has 0 aliphatic heterocycles. The second-order valence-corrected chi connectivity index (χ2v) is 3.78. The first-order chi connectivity index (χ1) is 6.72. The van der Waals surface area contributed by atoms with Crippen LogP contribution in [-0.4, -0.2) is 14.8 Å². The number of fused-ring (bicyclic) bond motifs is 1. The van der Waals surface area contributed by atoms with Gasteiger partial charge in [0, 0.05) is 36.6 Å². The number of aryl methyl sites for hydroxylation is 1. The molecule has 2 heterocycles. The standard InChI is InChI=1S/C11H15N3/c1-4-8(2)10-6-12-5-9-7-14(3)13-11(9)10/h5-8H,4H2,1-3H3. The van der Waals surface area contributed by atoms with E-state index in [-0.39, 0.29) is 0 Å². The molecule has 1 unspecified atom stereocenters. The average molecular weight is 189 g/mol. The minimum Gasteiger partial charge on any atom is -0.275 e. The quantitative estimate of drug-likeness (QED) is 0.726. The summed E-state index contributed by atoms with van der Waals surface area (Å²) >= 11 is 0. The predicted molar refractivity (Wildman–Crippen MR) is 57.2 cm³/mol. The van der Waals surface area contributed by atoms with Crippen LogP contribution in [0.4, 0.5) is 0 Å². The van der Waals surface area contributed by atoms with Crippen molar-refractivity contribution in [2.75, 3.05) is 0 Å². The second-order valence-electron chi connectivity index (χ2n) is 3.78. The van der Waals surface area contributed by atoms with Gasteiger partial charge in [-0.1, -0.05) is 13.8 Å². The lowest BCUT2D eigenvalue weighted by atomic mass is 9.99. The summed E-state index contributed by atoms with van der Waals surface area (Å²) in [6.45, 7) is 4.40. The van der Waals surface area contributed by atoms with Crippen LogP contribution in [0.3, 0.4) is 0 Å². The Kier molecular flexibility index (Phi) is 2.23. The van der Waals surface area contributed by atoms with E-state index in [1.165, 1.54) is 5.56 Å². The summed E-state index contributed by atoms with van der Waals surface area (Å²) in [5.41, 5.74) is 2.35. The van der Waals surface area contributed by atoms with Crippen LogP contribution < -0.4 is 0 Å². The van der Waals surface area contributed by atoms with Crippen molar-refractivity contribution < 1.29 is 0 Å². The third kappa shape index (κ3) is 1.39. The van der Waals surface area contributed by atoms with Crippen molar-refractivity contribution in [1.82, 2.24) is 14.8 Å². The highest BCUT2D eigenvalue weighted by Gasteiger charge is 2.10. The normalized spacial score (nSPS) is 13.4. The molecule has 0 N–H and O–H groups in total. The van der Waals surface area contributed by atoms with Crippen LogP contribution in [0.5, 0.6) is 0 Å². The van der Waals surface area contributed by atoms with Crippen LogP contribution in [0.25, 0.3) is 10.9 Å². The van der Waals surface area contributed by atoms with Crippen molar-refractivity contribution in [1.29, 1.82) is 0 Å². The Morgan fingerprint density at radius 1 is 1.43 bits per heavy atom. The molecule has 0 saturated heterocycles. The Hall–Kier alpha value is -1.38. The number of hydrogen-bond donors (Lipinski definition) is 0. The molecule has 0 amide bonds. The predicted octanol–water partition coefficient (Wildman–Crippen LogP) is 2.48. The molecule has 2 aromatic heterocycles. The number of pyridine rings is 1. The second kappa shape index (κ2) is 3.40. The zero-order chi connectivity index (χ0) is 10.1. The van der Waals surface area contributed by atoms with Crippen LogP contribution in [0.15, 0.2) is 18.6 Å². The highest BCUT2D eigenvalue weighted by molar-refractivity contribution is 5.80. The van der Waals surface area contributed by atoms with Gasteiger partial charge in [-0.2, -0.15) is 5.10 Å². The van der Waals surface area contributed by atoms with Crippen LogP contribution in [0, 0.1) is 0 Å². The zero-order valence-corrected chi connectivity index (χ0v) is 8.86. The van der Waals surface area contributed by atoms with E-state index in [0.29, 0.717) is 5.92 Å². The van der Waals surface area contributed by atoms with Crippen LogP contribution in [0.2, 0.25) is 0 Å². The Morgan fingerprint density at radius 2 is 2.21 bits per heavy atom. The fourth-order valence-electron chi connectivity index (χ4n) is 1.67. The first kappa shape index (κ1) is 9.19. The van der Waals surface area contributed by atoms with Crippen LogP contribution in [0.1, 0.15) is 31.7 Å². The average Bonchev–Trinajstić information content (AvgIpc) is 2.56. The molecular formula is C11H15N3. The lowest BCUT2D eigenvalue weighted by molar-refractivity contribution is 0.727. The minimum absolute atomic E-state index is 0.529. The minimum atomic E-state index is 0.529. The van der Waals surface area contributed by atoms with E-state index in [0.717, 1.165) is 17.3 Å². The third-order valence-electron chi connectivity index (χ3n) is 2.70. The van der Waals surface area contributed by atoms with Crippen molar-refractivity contribution in [3.05, 3.63) is 24.2 Å². The molecule has 1 atom stereocenters. The fraction of sp³-hybridized carbons (Fsp3) is 0.455. The van der Waals surface area contributed by atoms with E-state index in [9.17, 15) is 0 Å².